The topological polar surface area (TPSA) is 99.9 Å². The molecule has 0 saturated carbocycles. The first-order chi connectivity index (χ1) is 14.9. The number of anilines is 1. The summed E-state index contributed by atoms with van der Waals surface area (Å²) in [5.74, 6) is 0.675. The zero-order valence-corrected chi connectivity index (χ0v) is 18.8. The Balaban J connectivity index is 2.01. The summed E-state index contributed by atoms with van der Waals surface area (Å²) in [5, 5.41) is 6.75. The first-order valence-corrected chi connectivity index (χ1v) is 10.5. The van der Waals surface area contributed by atoms with Crippen molar-refractivity contribution in [3.8, 4) is 21.9 Å². The van der Waals surface area contributed by atoms with Crippen molar-refractivity contribution >= 4 is 28.9 Å². The zero-order valence-electron chi connectivity index (χ0n) is 18.0. The summed E-state index contributed by atoms with van der Waals surface area (Å²) >= 11 is 1.22. The molecule has 164 valence electrons. The maximum Gasteiger partial charge on any atom is 0.350 e. The lowest BCUT2D eigenvalue weighted by molar-refractivity contribution is 0.0533. The van der Waals surface area contributed by atoms with Crippen LogP contribution in [0, 0.1) is 6.92 Å². The number of amides is 1. The summed E-state index contributed by atoms with van der Waals surface area (Å²) in [6, 6.07) is 7.19. The van der Waals surface area contributed by atoms with Gasteiger partial charge in [0.25, 0.3) is 5.91 Å². The lowest BCUT2D eigenvalue weighted by atomic mass is 10.1. The molecule has 0 aliphatic carbocycles. The number of ether oxygens (including phenoxy) is 3. The second kappa shape index (κ2) is 9.65. The Morgan fingerprint density at radius 2 is 1.87 bits per heavy atom. The van der Waals surface area contributed by atoms with Crippen LogP contribution in [-0.2, 0) is 11.2 Å². The third-order valence-electron chi connectivity index (χ3n) is 4.60. The molecule has 2 aromatic heterocycles. The van der Waals surface area contributed by atoms with Crippen molar-refractivity contribution in [2.75, 3.05) is 26.1 Å². The van der Waals surface area contributed by atoms with Crippen molar-refractivity contribution in [3.63, 3.8) is 0 Å². The van der Waals surface area contributed by atoms with E-state index in [4.69, 9.17) is 18.7 Å². The lowest BCUT2D eigenvalue weighted by Crippen LogP contribution is -2.16. The van der Waals surface area contributed by atoms with Gasteiger partial charge >= 0.3 is 5.97 Å². The van der Waals surface area contributed by atoms with Crippen LogP contribution in [0.4, 0.5) is 5.69 Å². The first-order valence-electron chi connectivity index (χ1n) is 9.73. The fourth-order valence-corrected chi connectivity index (χ4v) is 4.10. The van der Waals surface area contributed by atoms with Crippen molar-refractivity contribution < 1.29 is 28.3 Å². The van der Waals surface area contributed by atoms with Crippen molar-refractivity contribution in [2.45, 2.75) is 27.2 Å². The van der Waals surface area contributed by atoms with Gasteiger partial charge in [0.05, 0.1) is 32.2 Å². The normalized spacial score (nSPS) is 10.6. The second-order valence-electron chi connectivity index (χ2n) is 6.51. The van der Waals surface area contributed by atoms with E-state index < -0.39 is 11.9 Å². The van der Waals surface area contributed by atoms with Crippen LogP contribution in [0.15, 0.2) is 28.8 Å². The Bertz CT molecular complexity index is 1100. The van der Waals surface area contributed by atoms with E-state index in [0.29, 0.717) is 45.5 Å². The number of aryl methyl sites for hydroxylation is 2. The SMILES string of the molecule is CCOC(=O)c1sc(-c2ccc(OC)c(OC)c2)cc1NC(=O)c1c(CC)noc1C. The van der Waals surface area contributed by atoms with Crippen molar-refractivity contribution in [1.29, 1.82) is 0 Å². The quantitative estimate of drug-likeness (QED) is 0.502. The van der Waals surface area contributed by atoms with Gasteiger partial charge in [0.1, 0.15) is 16.2 Å². The summed E-state index contributed by atoms with van der Waals surface area (Å²) in [5.41, 5.74) is 2.10. The second-order valence-corrected chi connectivity index (χ2v) is 7.56. The van der Waals surface area contributed by atoms with Gasteiger partial charge in [0.15, 0.2) is 11.5 Å². The molecular formula is C22H24N2O6S. The average molecular weight is 445 g/mol. The Kier molecular flexibility index (Phi) is 6.96. The molecule has 0 bridgehead atoms. The van der Waals surface area contributed by atoms with Gasteiger partial charge in [0.2, 0.25) is 0 Å². The van der Waals surface area contributed by atoms with E-state index in [9.17, 15) is 9.59 Å². The molecule has 0 radical (unpaired) electrons. The van der Waals surface area contributed by atoms with Crippen molar-refractivity contribution in [1.82, 2.24) is 5.16 Å². The molecule has 1 N–H and O–H groups in total. The van der Waals surface area contributed by atoms with Crippen LogP contribution < -0.4 is 14.8 Å². The number of benzene rings is 1. The van der Waals surface area contributed by atoms with Crippen LogP contribution in [0.5, 0.6) is 11.5 Å². The number of esters is 1. The molecule has 8 nitrogen and oxygen atoms in total. The molecular weight excluding hydrogens is 420 g/mol. The average Bonchev–Trinajstić information content (AvgIpc) is 3.36. The van der Waals surface area contributed by atoms with Crippen LogP contribution in [0.3, 0.4) is 0 Å². The maximum atomic E-state index is 12.9. The highest BCUT2D eigenvalue weighted by molar-refractivity contribution is 7.18. The largest absolute Gasteiger partial charge is 0.493 e. The van der Waals surface area contributed by atoms with E-state index in [2.05, 4.69) is 10.5 Å². The van der Waals surface area contributed by atoms with Crippen LogP contribution in [0.1, 0.15) is 45.3 Å². The van der Waals surface area contributed by atoms with Gasteiger partial charge in [-0.3, -0.25) is 4.79 Å². The van der Waals surface area contributed by atoms with Crippen LogP contribution >= 0.6 is 11.3 Å². The number of thiophene rings is 1. The molecule has 0 spiro atoms. The first kappa shape index (κ1) is 22.4. The molecule has 9 heteroatoms. The fourth-order valence-electron chi connectivity index (χ4n) is 3.10. The Morgan fingerprint density at radius 3 is 2.52 bits per heavy atom. The number of hydrogen-bond acceptors (Lipinski definition) is 8. The number of carbonyl (C=O) groups is 2. The van der Waals surface area contributed by atoms with Crippen molar-refractivity contribution in [2.24, 2.45) is 0 Å². The Hall–Kier alpha value is -3.33. The van der Waals surface area contributed by atoms with E-state index in [0.717, 1.165) is 10.4 Å². The molecule has 0 aliphatic heterocycles. The van der Waals surface area contributed by atoms with E-state index >= 15 is 0 Å². The number of nitrogens with one attached hydrogen (secondary N) is 1. The number of methoxy groups -OCH3 is 2. The van der Waals surface area contributed by atoms with E-state index in [1.807, 2.05) is 19.1 Å². The van der Waals surface area contributed by atoms with E-state index in [1.165, 1.54) is 11.3 Å². The molecule has 0 unspecified atom stereocenters. The summed E-state index contributed by atoms with van der Waals surface area (Å²) in [6.07, 6.45) is 0.547. The highest BCUT2D eigenvalue weighted by Gasteiger charge is 2.24. The number of hydrogen-bond donors (Lipinski definition) is 1. The third kappa shape index (κ3) is 4.56. The van der Waals surface area contributed by atoms with E-state index in [-0.39, 0.29) is 6.61 Å². The standard InChI is InChI=1S/C22H24N2O6S/c1-6-14-19(12(3)30-24-14)21(25)23-15-11-18(31-20(15)22(26)29-7-2)13-8-9-16(27-4)17(10-13)28-5/h8-11H,6-7H2,1-5H3,(H,23,25). The molecule has 31 heavy (non-hydrogen) atoms. The molecule has 3 aromatic rings. The minimum absolute atomic E-state index is 0.223. The van der Waals surface area contributed by atoms with Gasteiger partial charge in [-0.1, -0.05) is 12.1 Å². The number of nitrogens with zero attached hydrogens (tertiary/aromatic N) is 1. The predicted molar refractivity (Wildman–Crippen MR) is 117 cm³/mol. The molecule has 1 aromatic carbocycles. The minimum atomic E-state index is -0.507. The molecule has 3 rings (SSSR count). The van der Waals surface area contributed by atoms with Gasteiger partial charge in [-0.15, -0.1) is 11.3 Å². The van der Waals surface area contributed by atoms with Gasteiger partial charge < -0.3 is 24.1 Å². The minimum Gasteiger partial charge on any atom is -0.493 e. The lowest BCUT2D eigenvalue weighted by Gasteiger charge is -2.08. The van der Waals surface area contributed by atoms with Crippen LogP contribution in [-0.4, -0.2) is 37.9 Å². The van der Waals surface area contributed by atoms with Crippen LogP contribution in [0.2, 0.25) is 0 Å². The molecule has 0 saturated heterocycles. The summed E-state index contributed by atoms with van der Waals surface area (Å²) in [6.45, 7) is 5.52. The van der Waals surface area contributed by atoms with Gasteiger partial charge in [-0.2, -0.15) is 0 Å². The van der Waals surface area contributed by atoms with Crippen LogP contribution in [0.25, 0.3) is 10.4 Å². The molecule has 0 atom stereocenters. The molecule has 0 aliphatic rings. The summed E-state index contributed by atoms with van der Waals surface area (Å²) in [7, 11) is 3.12. The Morgan fingerprint density at radius 1 is 1.13 bits per heavy atom. The summed E-state index contributed by atoms with van der Waals surface area (Å²) < 4.78 is 21.0. The van der Waals surface area contributed by atoms with E-state index in [1.54, 1.807) is 40.2 Å². The van der Waals surface area contributed by atoms with Gasteiger partial charge in [-0.25, -0.2) is 4.79 Å². The molecule has 0 fully saturated rings. The third-order valence-corrected chi connectivity index (χ3v) is 5.77. The zero-order chi connectivity index (χ0) is 22.5. The fraction of sp³-hybridized carbons (Fsp3) is 0.318. The smallest absolute Gasteiger partial charge is 0.350 e. The molecule has 2 heterocycles. The predicted octanol–water partition coefficient (Wildman–Crippen LogP) is 4.72. The summed E-state index contributed by atoms with van der Waals surface area (Å²) in [4.78, 5) is 26.6. The highest BCUT2D eigenvalue weighted by atomic mass is 32.1. The van der Waals surface area contributed by atoms with Crippen molar-refractivity contribution in [3.05, 3.63) is 46.2 Å². The number of rotatable bonds is 8. The Labute approximate surface area is 184 Å². The highest BCUT2D eigenvalue weighted by Crippen LogP contribution is 2.39. The van der Waals surface area contributed by atoms with Gasteiger partial charge in [0, 0.05) is 4.88 Å². The maximum absolute atomic E-state index is 12.9. The number of carbonyl (C=O) groups excluding carboxylic acids is 2. The monoisotopic (exact) mass is 444 g/mol. The van der Waals surface area contributed by atoms with Gasteiger partial charge in [-0.05, 0) is 50.1 Å². The number of aromatic nitrogens is 1. The molecule has 1 amide bonds.